The summed E-state index contributed by atoms with van der Waals surface area (Å²) in [5.41, 5.74) is 0.618. The Morgan fingerprint density at radius 2 is 1.67 bits per heavy atom. The van der Waals surface area contributed by atoms with Crippen LogP contribution < -0.4 is 0 Å². The monoisotopic (exact) mass is 396 g/mol. The van der Waals surface area contributed by atoms with Crippen LogP contribution in [0.5, 0.6) is 0 Å². The highest BCUT2D eigenvalue weighted by atomic mass is 79.9. The minimum atomic E-state index is -4.38. The molecule has 2 rings (SSSR count). The lowest BCUT2D eigenvalue weighted by molar-refractivity contribution is -0.137. The van der Waals surface area contributed by atoms with Gasteiger partial charge in [0.1, 0.15) is 0 Å². The van der Waals surface area contributed by atoms with Gasteiger partial charge in [-0.1, -0.05) is 39.7 Å². The summed E-state index contributed by atoms with van der Waals surface area (Å²) >= 11 is 15.3. The van der Waals surface area contributed by atoms with Crippen LogP contribution in [0.1, 0.15) is 22.1 Å². The lowest BCUT2D eigenvalue weighted by Gasteiger charge is -2.15. The quantitative estimate of drug-likeness (QED) is 0.509. The van der Waals surface area contributed by atoms with E-state index in [0.29, 0.717) is 21.5 Å². The fraction of sp³-hybridized carbons (Fsp3) is 0.200. The second-order valence-electron chi connectivity index (χ2n) is 4.53. The zero-order chi connectivity index (χ0) is 15.6. The van der Waals surface area contributed by atoms with Crippen molar-refractivity contribution in [2.45, 2.75) is 18.0 Å². The van der Waals surface area contributed by atoms with Crippen LogP contribution in [-0.4, -0.2) is 0 Å². The van der Waals surface area contributed by atoms with Gasteiger partial charge in [-0.25, -0.2) is 0 Å². The zero-order valence-electron chi connectivity index (χ0n) is 10.6. The molecule has 0 N–H and O–H groups in total. The molecule has 0 radical (unpaired) electrons. The van der Waals surface area contributed by atoms with Crippen molar-refractivity contribution in [3.63, 3.8) is 0 Å². The van der Waals surface area contributed by atoms with Crippen LogP contribution in [0, 0.1) is 0 Å². The van der Waals surface area contributed by atoms with Crippen LogP contribution in [0.25, 0.3) is 0 Å². The zero-order valence-corrected chi connectivity index (χ0v) is 13.7. The van der Waals surface area contributed by atoms with E-state index in [4.69, 9.17) is 23.2 Å². The van der Waals surface area contributed by atoms with Crippen LogP contribution in [0.3, 0.4) is 0 Å². The molecular formula is C15H10BrCl2F3. The number of alkyl halides is 4. The molecule has 0 spiro atoms. The standard InChI is InChI=1S/C15H10BrCl2F3/c16-13-6-3-10(15(19,20)21)8-12(13)14(18)7-9-1-4-11(17)5-2-9/h1-6,8,14H,7H2. The number of halogens is 6. The summed E-state index contributed by atoms with van der Waals surface area (Å²) in [6, 6.07) is 10.5. The summed E-state index contributed by atoms with van der Waals surface area (Å²) in [6.07, 6.45) is -3.97. The van der Waals surface area contributed by atoms with Crippen molar-refractivity contribution in [1.29, 1.82) is 0 Å². The van der Waals surface area contributed by atoms with E-state index in [1.807, 2.05) is 0 Å². The maximum absolute atomic E-state index is 12.8. The van der Waals surface area contributed by atoms with Gasteiger partial charge in [-0.05, 0) is 47.9 Å². The van der Waals surface area contributed by atoms with E-state index in [-0.39, 0.29) is 0 Å². The van der Waals surface area contributed by atoms with Gasteiger partial charge in [-0.2, -0.15) is 13.2 Å². The minimum Gasteiger partial charge on any atom is -0.166 e. The molecule has 1 unspecified atom stereocenters. The SMILES string of the molecule is FC(F)(F)c1ccc(Br)c(C(Cl)Cc2ccc(Cl)cc2)c1. The van der Waals surface area contributed by atoms with E-state index < -0.39 is 17.1 Å². The molecule has 1 atom stereocenters. The molecule has 0 nitrogen and oxygen atoms in total. The molecule has 2 aromatic carbocycles. The summed E-state index contributed by atoms with van der Waals surface area (Å²) in [4.78, 5) is 0. The van der Waals surface area contributed by atoms with Gasteiger partial charge in [0.2, 0.25) is 0 Å². The van der Waals surface area contributed by atoms with Crippen molar-refractivity contribution >= 4 is 39.1 Å². The van der Waals surface area contributed by atoms with Gasteiger partial charge in [0.05, 0.1) is 10.9 Å². The summed E-state index contributed by atoms with van der Waals surface area (Å²) in [7, 11) is 0. The first kappa shape index (κ1) is 16.7. The minimum absolute atomic E-state index is 0.415. The fourth-order valence-electron chi connectivity index (χ4n) is 1.90. The molecule has 0 aromatic heterocycles. The van der Waals surface area contributed by atoms with Gasteiger partial charge < -0.3 is 0 Å². The number of rotatable bonds is 3. The normalized spacial score (nSPS) is 13.2. The summed E-state index contributed by atoms with van der Waals surface area (Å²) < 4.78 is 38.8. The maximum atomic E-state index is 12.8. The van der Waals surface area contributed by atoms with E-state index in [2.05, 4.69) is 15.9 Å². The lowest BCUT2D eigenvalue weighted by atomic mass is 10.0. The molecule has 0 bridgehead atoms. The first-order valence-electron chi connectivity index (χ1n) is 6.02. The Morgan fingerprint density at radius 3 is 2.24 bits per heavy atom. The highest BCUT2D eigenvalue weighted by Gasteiger charge is 2.31. The van der Waals surface area contributed by atoms with Gasteiger partial charge >= 0.3 is 6.18 Å². The molecule has 21 heavy (non-hydrogen) atoms. The van der Waals surface area contributed by atoms with Crippen molar-refractivity contribution < 1.29 is 13.2 Å². The van der Waals surface area contributed by atoms with Crippen molar-refractivity contribution in [3.05, 3.63) is 68.7 Å². The Labute approximate surface area is 139 Å². The molecule has 0 aliphatic carbocycles. The van der Waals surface area contributed by atoms with Crippen LogP contribution in [0.2, 0.25) is 5.02 Å². The molecule has 0 aliphatic rings. The van der Waals surface area contributed by atoms with E-state index in [1.165, 1.54) is 6.07 Å². The number of hydrogen-bond donors (Lipinski definition) is 0. The molecule has 0 fully saturated rings. The Morgan fingerprint density at radius 1 is 1.05 bits per heavy atom. The summed E-state index contributed by atoms with van der Waals surface area (Å²) in [6.45, 7) is 0. The van der Waals surface area contributed by atoms with Crippen molar-refractivity contribution in [2.24, 2.45) is 0 Å². The third kappa shape index (κ3) is 4.38. The number of benzene rings is 2. The molecule has 112 valence electrons. The molecule has 0 amide bonds. The van der Waals surface area contributed by atoms with Crippen molar-refractivity contribution in [1.82, 2.24) is 0 Å². The smallest absolute Gasteiger partial charge is 0.166 e. The second-order valence-corrected chi connectivity index (χ2v) is 6.35. The van der Waals surface area contributed by atoms with Crippen LogP contribution in [0.4, 0.5) is 13.2 Å². The fourth-order valence-corrected chi connectivity index (χ4v) is 3.04. The molecule has 6 heteroatoms. The van der Waals surface area contributed by atoms with Crippen molar-refractivity contribution in [2.75, 3.05) is 0 Å². The lowest BCUT2D eigenvalue weighted by Crippen LogP contribution is -2.07. The Bertz CT molecular complexity index is 624. The summed E-state index contributed by atoms with van der Waals surface area (Å²) in [5.74, 6) is 0. The first-order valence-corrected chi connectivity index (χ1v) is 7.63. The van der Waals surface area contributed by atoms with Crippen LogP contribution in [-0.2, 0) is 12.6 Å². The van der Waals surface area contributed by atoms with Crippen molar-refractivity contribution in [3.8, 4) is 0 Å². The molecule has 0 saturated carbocycles. The van der Waals surface area contributed by atoms with Gasteiger partial charge in [0.15, 0.2) is 0 Å². The van der Waals surface area contributed by atoms with Gasteiger partial charge in [0, 0.05) is 9.50 Å². The Hall–Kier alpha value is -0.710. The van der Waals surface area contributed by atoms with E-state index in [0.717, 1.165) is 17.7 Å². The summed E-state index contributed by atoms with van der Waals surface area (Å²) in [5, 5.41) is 0.0352. The largest absolute Gasteiger partial charge is 0.416 e. The van der Waals surface area contributed by atoms with Gasteiger partial charge in [0.25, 0.3) is 0 Å². The third-order valence-corrected chi connectivity index (χ3v) is 4.35. The topological polar surface area (TPSA) is 0 Å². The Balaban J connectivity index is 2.26. The predicted molar refractivity (Wildman–Crippen MR) is 82.9 cm³/mol. The highest BCUT2D eigenvalue weighted by Crippen LogP contribution is 2.37. The first-order chi connectivity index (χ1) is 9.77. The predicted octanol–water partition coefficient (Wildman–Crippen LogP) is 6.64. The van der Waals surface area contributed by atoms with Gasteiger partial charge in [-0.3, -0.25) is 0 Å². The molecule has 2 aromatic rings. The Kier molecular flexibility index (Phi) is 5.23. The van der Waals surface area contributed by atoms with E-state index in [1.54, 1.807) is 24.3 Å². The third-order valence-electron chi connectivity index (χ3n) is 2.99. The average Bonchev–Trinajstić information content (AvgIpc) is 2.40. The molecule has 0 aliphatic heterocycles. The van der Waals surface area contributed by atoms with Crippen LogP contribution >= 0.6 is 39.1 Å². The molecule has 0 heterocycles. The molecular weight excluding hydrogens is 388 g/mol. The van der Waals surface area contributed by atoms with E-state index >= 15 is 0 Å². The average molecular weight is 398 g/mol. The van der Waals surface area contributed by atoms with E-state index in [9.17, 15) is 13.2 Å². The second kappa shape index (κ2) is 6.59. The van der Waals surface area contributed by atoms with Crippen LogP contribution in [0.15, 0.2) is 46.9 Å². The maximum Gasteiger partial charge on any atom is 0.416 e. The highest BCUT2D eigenvalue weighted by molar-refractivity contribution is 9.10. The number of hydrogen-bond acceptors (Lipinski definition) is 0. The molecule has 0 saturated heterocycles. The van der Waals surface area contributed by atoms with Gasteiger partial charge in [-0.15, -0.1) is 11.6 Å².